The zero-order valence-corrected chi connectivity index (χ0v) is 17.4. The molecule has 2 aliphatic heterocycles. The van der Waals surface area contributed by atoms with Crippen LogP contribution in [0.4, 0.5) is 0 Å². The van der Waals surface area contributed by atoms with Crippen LogP contribution in [0.2, 0.25) is 0 Å². The van der Waals surface area contributed by atoms with E-state index < -0.39 is 0 Å². The average Bonchev–Trinajstić information content (AvgIpc) is 3.19. The molecule has 1 N–H and O–H groups in total. The summed E-state index contributed by atoms with van der Waals surface area (Å²) < 4.78 is 13.2. The van der Waals surface area contributed by atoms with Gasteiger partial charge in [0.1, 0.15) is 11.4 Å². The molecule has 1 aromatic heterocycles. The summed E-state index contributed by atoms with van der Waals surface area (Å²) in [6.45, 7) is 1.92. The van der Waals surface area contributed by atoms with Crippen molar-refractivity contribution in [2.45, 2.75) is 19.3 Å². The fourth-order valence-electron chi connectivity index (χ4n) is 4.01. The summed E-state index contributed by atoms with van der Waals surface area (Å²) in [5.74, 6) is 1.87. The van der Waals surface area contributed by atoms with Gasteiger partial charge < -0.3 is 14.3 Å². The minimum atomic E-state index is -0.196. The molecular weight excluding hydrogens is 390 g/mol. The number of oxazole rings is 1. The summed E-state index contributed by atoms with van der Waals surface area (Å²) in [7, 11) is 1.66. The highest BCUT2D eigenvalue weighted by molar-refractivity contribution is 6.08. The van der Waals surface area contributed by atoms with Crippen LogP contribution in [0.1, 0.15) is 25.0 Å². The Bertz CT molecular complexity index is 1300. The van der Waals surface area contributed by atoms with Crippen LogP contribution in [-0.4, -0.2) is 40.7 Å². The van der Waals surface area contributed by atoms with Crippen molar-refractivity contribution >= 4 is 18.0 Å². The summed E-state index contributed by atoms with van der Waals surface area (Å²) in [5.41, 5.74) is 2.12. The molecule has 156 valence electrons. The SMILES string of the molecule is COc1ccc2c(c1)=NC(=[N+]1CCCCC1)/C(=C/c1nc(-c3ccccc3)oc1O)C=2. The molecule has 0 saturated carbocycles. The molecule has 3 aromatic rings. The van der Waals surface area contributed by atoms with Crippen LogP contribution in [0.15, 0.2) is 63.5 Å². The lowest BCUT2D eigenvalue weighted by Gasteiger charge is -2.15. The minimum absolute atomic E-state index is 0.196. The van der Waals surface area contributed by atoms with Crippen molar-refractivity contribution in [3.63, 3.8) is 0 Å². The maximum Gasteiger partial charge on any atom is 0.326 e. The molecular formula is C25H24N3O3+. The topological polar surface area (TPSA) is 70.9 Å². The number of hydrogen-bond donors (Lipinski definition) is 1. The van der Waals surface area contributed by atoms with E-state index in [0.29, 0.717) is 11.6 Å². The molecule has 1 fully saturated rings. The van der Waals surface area contributed by atoms with Crippen LogP contribution in [0, 0.1) is 0 Å². The van der Waals surface area contributed by atoms with Crippen LogP contribution in [-0.2, 0) is 0 Å². The van der Waals surface area contributed by atoms with Crippen molar-refractivity contribution in [2.75, 3.05) is 20.2 Å². The predicted molar refractivity (Wildman–Crippen MR) is 119 cm³/mol. The number of aromatic hydroxyl groups is 1. The first-order valence-corrected chi connectivity index (χ1v) is 10.5. The number of fused-ring (bicyclic) bond motifs is 1. The molecule has 0 aliphatic carbocycles. The second-order valence-corrected chi connectivity index (χ2v) is 7.73. The van der Waals surface area contributed by atoms with Crippen molar-refractivity contribution in [1.82, 2.24) is 4.98 Å². The molecule has 0 spiro atoms. The van der Waals surface area contributed by atoms with Crippen LogP contribution < -0.4 is 15.3 Å². The Morgan fingerprint density at radius 1 is 1.06 bits per heavy atom. The smallest absolute Gasteiger partial charge is 0.326 e. The Morgan fingerprint density at radius 2 is 1.87 bits per heavy atom. The Kier molecular flexibility index (Phi) is 5.12. The van der Waals surface area contributed by atoms with Gasteiger partial charge in [-0.25, -0.2) is 4.98 Å². The number of aromatic nitrogens is 1. The first kappa shape index (κ1) is 19.3. The third-order valence-electron chi connectivity index (χ3n) is 5.64. The molecule has 0 bridgehead atoms. The van der Waals surface area contributed by atoms with Gasteiger partial charge in [0.25, 0.3) is 0 Å². The molecule has 0 atom stereocenters. The van der Waals surface area contributed by atoms with Crippen LogP contribution in [0.3, 0.4) is 0 Å². The largest absolute Gasteiger partial charge is 0.497 e. The van der Waals surface area contributed by atoms with E-state index in [1.54, 1.807) is 7.11 Å². The van der Waals surface area contributed by atoms with Gasteiger partial charge in [-0.2, -0.15) is 0 Å². The van der Waals surface area contributed by atoms with E-state index >= 15 is 0 Å². The molecule has 0 amide bonds. The maximum absolute atomic E-state index is 10.4. The fraction of sp³-hybridized carbons (Fsp3) is 0.240. The second-order valence-electron chi connectivity index (χ2n) is 7.73. The molecule has 5 rings (SSSR count). The van der Waals surface area contributed by atoms with Gasteiger partial charge in [0.2, 0.25) is 5.89 Å². The minimum Gasteiger partial charge on any atom is -0.497 e. The number of methoxy groups -OCH3 is 1. The summed E-state index contributed by atoms with van der Waals surface area (Å²) >= 11 is 0. The van der Waals surface area contributed by atoms with Crippen molar-refractivity contribution in [1.29, 1.82) is 0 Å². The summed E-state index contributed by atoms with van der Waals surface area (Å²) in [6.07, 6.45) is 7.46. The van der Waals surface area contributed by atoms with Gasteiger partial charge in [-0.15, -0.1) is 0 Å². The predicted octanol–water partition coefficient (Wildman–Crippen LogP) is 3.15. The van der Waals surface area contributed by atoms with Gasteiger partial charge in [0.15, 0.2) is 5.36 Å². The Morgan fingerprint density at radius 3 is 2.65 bits per heavy atom. The van der Waals surface area contributed by atoms with E-state index in [-0.39, 0.29) is 5.95 Å². The lowest BCUT2D eigenvalue weighted by atomic mass is 10.1. The summed E-state index contributed by atoms with van der Waals surface area (Å²) in [6, 6.07) is 15.4. The maximum atomic E-state index is 10.4. The number of hydrogen-bond acceptors (Lipinski definition) is 4. The van der Waals surface area contributed by atoms with Gasteiger partial charge in [-0.1, -0.05) is 18.2 Å². The molecule has 0 radical (unpaired) electrons. The third kappa shape index (κ3) is 3.89. The molecule has 0 unspecified atom stereocenters. The van der Waals surface area contributed by atoms with Crippen LogP contribution in [0.5, 0.6) is 11.7 Å². The molecule has 1 saturated heterocycles. The first-order chi connectivity index (χ1) is 15.2. The first-order valence-electron chi connectivity index (χ1n) is 10.5. The van der Waals surface area contributed by atoms with Gasteiger partial charge >= 0.3 is 11.8 Å². The number of ether oxygens (including phenoxy) is 1. The second kappa shape index (κ2) is 8.22. The van der Waals surface area contributed by atoms with E-state index in [4.69, 9.17) is 14.1 Å². The van der Waals surface area contributed by atoms with Gasteiger partial charge in [-0.05, 0) is 60.7 Å². The normalized spacial score (nSPS) is 17.1. The third-order valence-corrected chi connectivity index (χ3v) is 5.64. The van der Waals surface area contributed by atoms with Crippen LogP contribution >= 0.6 is 0 Å². The average molecular weight is 414 g/mol. The summed E-state index contributed by atoms with van der Waals surface area (Å²) in [4.78, 5) is 9.50. The zero-order valence-electron chi connectivity index (χ0n) is 17.4. The van der Waals surface area contributed by atoms with Crippen LogP contribution in [0.25, 0.3) is 23.6 Å². The quantitative estimate of drug-likeness (QED) is 0.669. The van der Waals surface area contributed by atoms with Crippen molar-refractivity contribution in [2.24, 2.45) is 4.99 Å². The number of benzene rings is 2. The molecule has 2 aromatic carbocycles. The Hall–Kier alpha value is -3.67. The molecule has 2 aliphatic rings. The summed E-state index contributed by atoms with van der Waals surface area (Å²) in [5, 5.41) is 12.3. The fourth-order valence-corrected chi connectivity index (χ4v) is 4.01. The van der Waals surface area contributed by atoms with E-state index in [1.807, 2.05) is 54.6 Å². The highest BCUT2D eigenvalue weighted by Crippen LogP contribution is 2.28. The molecule has 6 nitrogen and oxygen atoms in total. The van der Waals surface area contributed by atoms with Gasteiger partial charge in [0, 0.05) is 16.8 Å². The van der Waals surface area contributed by atoms with Crippen molar-refractivity contribution < 1.29 is 18.8 Å². The van der Waals surface area contributed by atoms with Gasteiger partial charge in [-0.3, -0.25) is 4.58 Å². The van der Waals surface area contributed by atoms with E-state index in [0.717, 1.165) is 59.2 Å². The van der Waals surface area contributed by atoms with E-state index in [1.165, 1.54) is 6.42 Å². The number of piperidine rings is 1. The van der Waals surface area contributed by atoms with Crippen molar-refractivity contribution in [3.05, 3.63) is 70.4 Å². The lowest BCUT2D eigenvalue weighted by molar-refractivity contribution is -0.537. The highest BCUT2D eigenvalue weighted by Gasteiger charge is 2.25. The molecule has 31 heavy (non-hydrogen) atoms. The van der Waals surface area contributed by atoms with E-state index in [9.17, 15) is 5.11 Å². The van der Waals surface area contributed by atoms with E-state index in [2.05, 4.69) is 15.6 Å². The molecule has 6 heteroatoms. The van der Waals surface area contributed by atoms with Crippen molar-refractivity contribution in [3.8, 4) is 23.1 Å². The Labute approximate surface area is 180 Å². The van der Waals surface area contributed by atoms with Gasteiger partial charge in [0.05, 0.1) is 25.8 Å². The standard InChI is InChI=1S/C25H23N3O3/c1-30-20-11-10-18-14-19(23(26-21(18)16-20)28-12-6-3-7-13-28)15-22-25(29)31-24(27-22)17-8-4-2-5-9-17/h2,4-5,8-11,14-16H,3,6-7,12-13H2,1H3/p+1. The lowest BCUT2D eigenvalue weighted by Crippen LogP contribution is -2.35. The number of amidine groups is 1. The Balaban J connectivity index is 1.65. The number of rotatable bonds is 3. The monoisotopic (exact) mass is 414 g/mol. The zero-order chi connectivity index (χ0) is 21.2. The molecule has 3 heterocycles. The number of nitrogens with zero attached hydrogens (tertiary/aromatic N) is 3. The highest BCUT2D eigenvalue weighted by atomic mass is 16.5.